The van der Waals surface area contributed by atoms with Crippen LogP contribution in [0.3, 0.4) is 0 Å². The number of aliphatic hydroxyl groups is 1. The normalized spacial score (nSPS) is 32.5. The minimum Gasteiger partial charge on any atom is -0.393 e. The largest absolute Gasteiger partial charge is 0.393 e. The number of amides is 1. The molecule has 1 atom stereocenters. The molecule has 1 aromatic rings. The zero-order chi connectivity index (χ0) is 18.3. The van der Waals surface area contributed by atoms with Gasteiger partial charge in [0.05, 0.1) is 11.5 Å². The number of piperidine rings is 1. The zero-order valence-corrected chi connectivity index (χ0v) is 15.0. The Hall–Kier alpha value is -1.69. The predicted octanol–water partition coefficient (Wildman–Crippen LogP) is 3.09. The molecule has 2 saturated heterocycles. The van der Waals surface area contributed by atoms with E-state index in [1.807, 2.05) is 4.90 Å². The van der Waals surface area contributed by atoms with E-state index in [0.717, 1.165) is 44.9 Å². The van der Waals surface area contributed by atoms with Crippen LogP contribution in [0, 0.1) is 17.0 Å². The maximum atomic E-state index is 14.2. The number of likely N-dealkylation sites (tertiary alicyclic amines) is 1. The topological polar surface area (TPSA) is 43.8 Å². The number of carbonyl (C=O) groups excluding carboxylic acids is 1. The van der Waals surface area contributed by atoms with E-state index in [2.05, 4.69) is 0 Å². The smallest absolute Gasteiger partial charge is 0.230 e. The molecule has 1 saturated carbocycles. The summed E-state index contributed by atoms with van der Waals surface area (Å²) in [5.41, 5.74) is -0.526. The van der Waals surface area contributed by atoms with Gasteiger partial charge in [0, 0.05) is 25.7 Å². The number of benzene rings is 1. The molecule has 0 radical (unpaired) electrons. The molecule has 1 aromatic carbocycles. The third-order valence-electron chi connectivity index (χ3n) is 6.48. The Morgan fingerprint density at radius 1 is 1.04 bits per heavy atom. The Bertz CT molecular complexity index is 670. The minimum atomic E-state index is -0.564. The van der Waals surface area contributed by atoms with Gasteiger partial charge >= 0.3 is 0 Å². The highest BCUT2D eigenvalue weighted by atomic mass is 19.1. The summed E-state index contributed by atoms with van der Waals surface area (Å²) in [6, 6.07) is 4.12. The van der Waals surface area contributed by atoms with Gasteiger partial charge in [0.25, 0.3) is 0 Å². The van der Waals surface area contributed by atoms with Gasteiger partial charge in [-0.25, -0.2) is 8.78 Å². The molecule has 4 rings (SSSR count). The van der Waals surface area contributed by atoms with Crippen molar-refractivity contribution in [2.24, 2.45) is 5.41 Å². The lowest BCUT2D eigenvalue weighted by Crippen LogP contribution is -2.50. The lowest BCUT2D eigenvalue weighted by atomic mass is 9.78. The molecule has 1 aliphatic carbocycles. The van der Waals surface area contributed by atoms with E-state index in [1.165, 1.54) is 18.2 Å². The summed E-state index contributed by atoms with van der Waals surface area (Å²) in [4.78, 5) is 17.0. The highest BCUT2D eigenvalue weighted by Crippen LogP contribution is 2.44. The molecule has 1 spiro atoms. The van der Waals surface area contributed by atoms with E-state index < -0.39 is 17.0 Å². The number of nitrogens with zero attached hydrogens (tertiary/aromatic N) is 2. The quantitative estimate of drug-likeness (QED) is 0.877. The van der Waals surface area contributed by atoms with Gasteiger partial charge in [-0.3, -0.25) is 4.79 Å². The molecular weight excluding hydrogens is 338 g/mol. The molecule has 3 aliphatic rings. The van der Waals surface area contributed by atoms with Crippen LogP contribution in [0.2, 0.25) is 0 Å². The summed E-state index contributed by atoms with van der Waals surface area (Å²) in [5, 5.41) is 9.71. The van der Waals surface area contributed by atoms with Crippen molar-refractivity contribution in [2.45, 2.75) is 57.1 Å². The molecule has 0 unspecified atom stereocenters. The van der Waals surface area contributed by atoms with Gasteiger partial charge in [-0.15, -0.1) is 0 Å². The second-order valence-corrected chi connectivity index (χ2v) is 8.09. The van der Waals surface area contributed by atoms with Crippen LogP contribution in [-0.2, 0) is 4.79 Å². The number of para-hydroxylation sites is 1. The lowest BCUT2D eigenvalue weighted by molar-refractivity contribution is -0.139. The molecule has 1 N–H and O–H groups in total. The van der Waals surface area contributed by atoms with Gasteiger partial charge < -0.3 is 14.9 Å². The summed E-state index contributed by atoms with van der Waals surface area (Å²) in [5.74, 6) is -0.989. The van der Waals surface area contributed by atoms with Crippen LogP contribution < -0.4 is 4.90 Å². The number of rotatable bonds is 2. The SMILES string of the molecule is O=C1N(C2CCC(O)CC2)CC[C@]12CCCN(c1c(F)cccc1F)C2. The number of carbonyl (C=O) groups is 1. The van der Waals surface area contributed by atoms with E-state index >= 15 is 0 Å². The fraction of sp³-hybridized carbons (Fsp3) is 0.650. The van der Waals surface area contributed by atoms with E-state index in [-0.39, 0.29) is 23.7 Å². The minimum absolute atomic E-state index is 0.00128. The fourth-order valence-corrected chi connectivity index (χ4v) is 5.06. The first kappa shape index (κ1) is 17.7. The molecule has 26 heavy (non-hydrogen) atoms. The maximum absolute atomic E-state index is 14.2. The van der Waals surface area contributed by atoms with Crippen LogP contribution in [0.5, 0.6) is 0 Å². The van der Waals surface area contributed by atoms with E-state index in [9.17, 15) is 18.7 Å². The van der Waals surface area contributed by atoms with Gasteiger partial charge in [0.1, 0.15) is 17.3 Å². The molecular formula is C20H26F2N2O2. The Morgan fingerprint density at radius 2 is 1.73 bits per heavy atom. The van der Waals surface area contributed by atoms with Gasteiger partial charge in [-0.2, -0.15) is 0 Å². The van der Waals surface area contributed by atoms with Crippen LogP contribution in [0.4, 0.5) is 14.5 Å². The summed E-state index contributed by atoms with van der Waals surface area (Å²) in [6.45, 7) is 1.67. The predicted molar refractivity (Wildman–Crippen MR) is 94.8 cm³/mol. The fourth-order valence-electron chi connectivity index (χ4n) is 5.06. The summed E-state index contributed by atoms with van der Waals surface area (Å²) in [6.07, 6.45) is 5.22. The molecule has 0 bridgehead atoms. The monoisotopic (exact) mass is 364 g/mol. The van der Waals surface area contributed by atoms with Gasteiger partial charge in [0.15, 0.2) is 0 Å². The van der Waals surface area contributed by atoms with E-state index in [1.54, 1.807) is 4.90 Å². The molecule has 4 nitrogen and oxygen atoms in total. The summed E-state index contributed by atoms with van der Waals surface area (Å²) in [7, 11) is 0. The molecule has 3 fully saturated rings. The second-order valence-electron chi connectivity index (χ2n) is 8.09. The zero-order valence-electron chi connectivity index (χ0n) is 15.0. The van der Waals surface area contributed by atoms with Crippen LogP contribution in [0.15, 0.2) is 18.2 Å². The van der Waals surface area contributed by atoms with Crippen molar-refractivity contribution in [3.63, 3.8) is 0 Å². The Kier molecular flexibility index (Phi) is 4.63. The molecule has 2 heterocycles. The number of halogens is 2. The first-order chi connectivity index (χ1) is 12.5. The lowest BCUT2D eigenvalue weighted by Gasteiger charge is -2.41. The van der Waals surface area contributed by atoms with E-state index in [4.69, 9.17) is 0 Å². The number of aliphatic hydroxyl groups excluding tert-OH is 1. The van der Waals surface area contributed by atoms with Crippen molar-refractivity contribution in [1.82, 2.24) is 4.90 Å². The maximum Gasteiger partial charge on any atom is 0.230 e. The number of hydrogen-bond donors (Lipinski definition) is 1. The molecule has 142 valence electrons. The van der Waals surface area contributed by atoms with Crippen molar-refractivity contribution in [3.8, 4) is 0 Å². The second kappa shape index (κ2) is 6.80. The highest BCUT2D eigenvalue weighted by molar-refractivity contribution is 5.86. The summed E-state index contributed by atoms with van der Waals surface area (Å²) >= 11 is 0. The van der Waals surface area contributed by atoms with Gasteiger partial charge in [0.2, 0.25) is 5.91 Å². The van der Waals surface area contributed by atoms with Crippen molar-refractivity contribution in [1.29, 1.82) is 0 Å². The number of anilines is 1. The Balaban J connectivity index is 1.53. The summed E-state index contributed by atoms with van der Waals surface area (Å²) < 4.78 is 28.4. The Morgan fingerprint density at radius 3 is 2.42 bits per heavy atom. The van der Waals surface area contributed by atoms with Gasteiger partial charge in [-0.05, 0) is 57.1 Å². The standard InChI is InChI=1S/C20H26F2N2O2/c21-16-3-1-4-17(22)18(16)23-11-2-9-20(13-23)10-12-24(19(20)26)14-5-7-15(25)8-6-14/h1,3-4,14-15,25H,2,5-13H2/t14?,15?,20-/m0/s1. The third-order valence-corrected chi connectivity index (χ3v) is 6.48. The van der Waals surface area contributed by atoms with Gasteiger partial charge in [-0.1, -0.05) is 6.07 Å². The molecule has 1 amide bonds. The number of hydrogen-bond acceptors (Lipinski definition) is 3. The van der Waals surface area contributed by atoms with Crippen LogP contribution in [0.25, 0.3) is 0 Å². The van der Waals surface area contributed by atoms with Crippen molar-refractivity contribution >= 4 is 11.6 Å². The van der Waals surface area contributed by atoms with Crippen LogP contribution in [0.1, 0.15) is 44.9 Å². The highest BCUT2D eigenvalue weighted by Gasteiger charge is 2.51. The van der Waals surface area contributed by atoms with Crippen LogP contribution >= 0.6 is 0 Å². The van der Waals surface area contributed by atoms with Crippen molar-refractivity contribution < 1.29 is 18.7 Å². The average molecular weight is 364 g/mol. The third kappa shape index (κ3) is 2.98. The van der Waals surface area contributed by atoms with Crippen LogP contribution in [-0.4, -0.2) is 47.7 Å². The molecule has 6 heteroatoms. The average Bonchev–Trinajstić information content (AvgIpc) is 2.92. The molecule has 2 aliphatic heterocycles. The molecule has 0 aromatic heterocycles. The Labute approximate surface area is 152 Å². The first-order valence-corrected chi connectivity index (χ1v) is 9.68. The van der Waals surface area contributed by atoms with Crippen molar-refractivity contribution in [2.75, 3.05) is 24.5 Å². The van der Waals surface area contributed by atoms with Crippen molar-refractivity contribution in [3.05, 3.63) is 29.8 Å². The van der Waals surface area contributed by atoms with E-state index in [0.29, 0.717) is 19.6 Å². The first-order valence-electron chi connectivity index (χ1n) is 9.68.